The predicted molar refractivity (Wildman–Crippen MR) is 160 cm³/mol. The van der Waals surface area contributed by atoms with Gasteiger partial charge in [0.1, 0.15) is 16.4 Å². The number of carbonyl (C=O) groups is 2. The lowest BCUT2D eigenvalue weighted by Crippen LogP contribution is -2.16. The molecular formula is C29H25FN4O3S3. The number of rotatable bonds is 9. The number of carbonyl (C=O) groups excluding carboxylic acids is 2. The molecular weight excluding hydrogens is 568 g/mol. The molecule has 0 saturated carbocycles. The SMILES string of the molecule is CCn1c(SCC(=O)Nc2scc(-c3ccc(F)cc3)c2C(=O)OC)nnc1-c1csc(C)c1-c1ccccc1. The number of thiophene rings is 2. The van der Waals surface area contributed by atoms with Crippen molar-refractivity contribution in [2.45, 2.75) is 25.5 Å². The number of methoxy groups -OCH3 is 1. The molecule has 3 heterocycles. The zero-order chi connectivity index (χ0) is 28.2. The van der Waals surface area contributed by atoms with Gasteiger partial charge in [0, 0.05) is 38.9 Å². The highest BCUT2D eigenvalue weighted by molar-refractivity contribution is 7.99. The van der Waals surface area contributed by atoms with E-state index in [1.165, 1.54) is 47.2 Å². The van der Waals surface area contributed by atoms with Crippen molar-refractivity contribution in [1.29, 1.82) is 0 Å². The summed E-state index contributed by atoms with van der Waals surface area (Å²) in [6.45, 7) is 4.75. The smallest absolute Gasteiger partial charge is 0.341 e. The number of hydrogen-bond acceptors (Lipinski definition) is 8. The summed E-state index contributed by atoms with van der Waals surface area (Å²) < 4.78 is 20.4. The van der Waals surface area contributed by atoms with Gasteiger partial charge in [-0.3, -0.25) is 4.79 Å². The molecule has 5 aromatic rings. The Morgan fingerprint density at radius 1 is 1.00 bits per heavy atom. The van der Waals surface area contributed by atoms with E-state index in [2.05, 4.69) is 40.0 Å². The summed E-state index contributed by atoms with van der Waals surface area (Å²) in [6, 6.07) is 16.0. The third-order valence-corrected chi connectivity index (χ3v) is 9.01. The normalized spacial score (nSPS) is 11.0. The second-order valence-corrected chi connectivity index (χ2v) is 11.6. The van der Waals surface area contributed by atoms with Crippen molar-refractivity contribution < 1.29 is 18.7 Å². The summed E-state index contributed by atoms with van der Waals surface area (Å²) in [6.07, 6.45) is 0. The van der Waals surface area contributed by atoms with Crippen LogP contribution in [0.4, 0.5) is 9.39 Å². The van der Waals surface area contributed by atoms with Gasteiger partial charge in [0.05, 0.1) is 12.9 Å². The average Bonchev–Trinajstić information content (AvgIpc) is 3.68. The molecule has 0 bridgehead atoms. The zero-order valence-corrected chi connectivity index (χ0v) is 24.4. The fourth-order valence-electron chi connectivity index (χ4n) is 4.35. The van der Waals surface area contributed by atoms with Crippen LogP contribution in [0.25, 0.3) is 33.6 Å². The van der Waals surface area contributed by atoms with E-state index in [4.69, 9.17) is 4.74 Å². The number of thioether (sulfide) groups is 1. The van der Waals surface area contributed by atoms with Crippen molar-refractivity contribution in [2.75, 3.05) is 18.2 Å². The summed E-state index contributed by atoms with van der Waals surface area (Å²) in [5, 5.41) is 16.6. The minimum Gasteiger partial charge on any atom is -0.465 e. The fraction of sp³-hybridized carbons (Fsp3) is 0.172. The van der Waals surface area contributed by atoms with Crippen LogP contribution in [0.15, 0.2) is 70.5 Å². The number of halogens is 1. The van der Waals surface area contributed by atoms with Gasteiger partial charge in [0.2, 0.25) is 5.91 Å². The maximum absolute atomic E-state index is 13.4. The van der Waals surface area contributed by atoms with Crippen LogP contribution in [-0.4, -0.2) is 39.5 Å². The van der Waals surface area contributed by atoms with Crippen molar-refractivity contribution in [3.8, 4) is 33.6 Å². The number of esters is 1. The van der Waals surface area contributed by atoms with Crippen LogP contribution in [0, 0.1) is 12.7 Å². The molecule has 5 rings (SSSR count). The quantitative estimate of drug-likeness (QED) is 0.142. The Balaban J connectivity index is 1.35. The van der Waals surface area contributed by atoms with E-state index in [-0.39, 0.29) is 23.0 Å². The number of benzene rings is 2. The Morgan fingerprint density at radius 2 is 1.73 bits per heavy atom. The van der Waals surface area contributed by atoms with Gasteiger partial charge in [-0.2, -0.15) is 0 Å². The number of nitrogens with zero attached hydrogens (tertiary/aromatic N) is 3. The lowest BCUT2D eigenvalue weighted by Gasteiger charge is -2.10. The molecule has 0 aliphatic heterocycles. The third-order valence-electron chi connectivity index (χ3n) is 6.23. The van der Waals surface area contributed by atoms with E-state index in [0.29, 0.717) is 27.8 Å². The van der Waals surface area contributed by atoms with Crippen molar-refractivity contribution in [2.24, 2.45) is 0 Å². The van der Waals surface area contributed by atoms with Crippen LogP contribution in [0.3, 0.4) is 0 Å². The number of aromatic nitrogens is 3. The average molecular weight is 593 g/mol. The van der Waals surface area contributed by atoms with Gasteiger partial charge in [-0.15, -0.1) is 32.9 Å². The van der Waals surface area contributed by atoms with Gasteiger partial charge in [-0.25, -0.2) is 9.18 Å². The van der Waals surface area contributed by atoms with Crippen molar-refractivity contribution >= 4 is 51.3 Å². The number of nitrogens with one attached hydrogen (secondary N) is 1. The van der Waals surface area contributed by atoms with E-state index < -0.39 is 5.97 Å². The van der Waals surface area contributed by atoms with Gasteiger partial charge < -0.3 is 14.6 Å². The summed E-state index contributed by atoms with van der Waals surface area (Å²) >= 11 is 4.16. The summed E-state index contributed by atoms with van der Waals surface area (Å²) in [5.74, 6) is -0.441. The number of aryl methyl sites for hydroxylation is 1. The predicted octanol–water partition coefficient (Wildman–Crippen LogP) is 7.39. The molecule has 0 spiro atoms. The van der Waals surface area contributed by atoms with Crippen LogP contribution < -0.4 is 5.32 Å². The second-order valence-electron chi connectivity index (χ2n) is 8.69. The molecule has 1 N–H and O–H groups in total. The van der Waals surface area contributed by atoms with E-state index in [1.807, 2.05) is 29.7 Å². The Labute approximate surface area is 243 Å². The van der Waals surface area contributed by atoms with E-state index >= 15 is 0 Å². The highest BCUT2D eigenvalue weighted by atomic mass is 32.2. The molecule has 0 saturated heterocycles. The first-order chi connectivity index (χ1) is 19.4. The van der Waals surface area contributed by atoms with Crippen molar-refractivity contribution in [3.63, 3.8) is 0 Å². The van der Waals surface area contributed by atoms with Crippen molar-refractivity contribution in [1.82, 2.24) is 14.8 Å². The molecule has 0 radical (unpaired) electrons. The molecule has 7 nitrogen and oxygen atoms in total. The molecule has 3 aromatic heterocycles. The van der Waals surface area contributed by atoms with Gasteiger partial charge in [-0.05, 0) is 37.1 Å². The first-order valence-corrected chi connectivity index (χ1v) is 15.1. The zero-order valence-electron chi connectivity index (χ0n) is 21.9. The number of amides is 1. The molecule has 2 aromatic carbocycles. The monoisotopic (exact) mass is 592 g/mol. The van der Waals surface area contributed by atoms with E-state index in [0.717, 1.165) is 22.5 Å². The minimum absolute atomic E-state index is 0.0662. The van der Waals surface area contributed by atoms with E-state index in [9.17, 15) is 14.0 Å². The van der Waals surface area contributed by atoms with Gasteiger partial charge in [-0.1, -0.05) is 54.2 Å². The minimum atomic E-state index is -0.584. The van der Waals surface area contributed by atoms with Crippen LogP contribution >= 0.6 is 34.4 Å². The number of anilines is 1. The standard InChI is InChI=1S/C29H25FN4O3S3/c1-4-34-26(22-15-38-17(2)24(22)19-8-6-5-7-9-19)32-33-29(34)40-16-23(35)31-27-25(28(36)37-3)21(14-39-27)18-10-12-20(30)13-11-18/h5-15H,4,16H2,1-3H3,(H,31,35). The second kappa shape index (κ2) is 12.2. The first-order valence-electron chi connectivity index (χ1n) is 12.4. The fourth-order valence-corrected chi connectivity index (χ4v) is 6.99. The molecule has 11 heteroatoms. The largest absolute Gasteiger partial charge is 0.465 e. The molecule has 0 unspecified atom stereocenters. The van der Waals surface area contributed by atoms with Crippen molar-refractivity contribution in [3.05, 3.63) is 81.6 Å². The highest BCUT2D eigenvalue weighted by Crippen LogP contribution is 2.39. The summed E-state index contributed by atoms with van der Waals surface area (Å²) in [5.41, 5.74) is 4.71. The molecule has 0 aliphatic rings. The van der Waals surface area contributed by atoms with Gasteiger partial charge in [0.15, 0.2) is 11.0 Å². The lowest BCUT2D eigenvalue weighted by atomic mass is 10.0. The van der Waals surface area contributed by atoms with Crippen LogP contribution in [0.5, 0.6) is 0 Å². The van der Waals surface area contributed by atoms with Gasteiger partial charge >= 0.3 is 5.97 Å². The molecule has 204 valence electrons. The van der Waals surface area contributed by atoms with Crippen LogP contribution in [-0.2, 0) is 16.1 Å². The number of hydrogen-bond donors (Lipinski definition) is 1. The lowest BCUT2D eigenvalue weighted by molar-refractivity contribution is -0.113. The Bertz CT molecular complexity index is 1660. The van der Waals surface area contributed by atoms with Gasteiger partial charge in [0.25, 0.3) is 0 Å². The van der Waals surface area contributed by atoms with Crippen LogP contribution in [0.1, 0.15) is 22.2 Å². The number of ether oxygens (including phenoxy) is 1. The summed E-state index contributed by atoms with van der Waals surface area (Å²) in [4.78, 5) is 26.8. The molecule has 0 fully saturated rings. The molecule has 0 aliphatic carbocycles. The molecule has 40 heavy (non-hydrogen) atoms. The topological polar surface area (TPSA) is 86.1 Å². The first kappa shape index (κ1) is 27.8. The molecule has 0 atom stereocenters. The summed E-state index contributed by atoms with van der Waals surface area (Å²) in [7, 11) is 1.28. The van der Waals surface area contributed by atoms with Crippen LogP contribution in [0.2, 0.25) is 0 Å². The maximum atomic E-state index is 13.4. The Morgan fingerprint density at radius 3 is 2.42 bits per heavy atom. The maximum Gasteiger partial charge on any atom is 0.341 e. The Hall–Kier alpha value is -3.80. The highest BCUT2D eigenvalue weighted by Gasteiger charge is 2.24. The third kappa shape index (κ3) is 5.58. The Kier molecular flexibility index (Phi) is 8.43. The molecule has 1 amide bonds. The van der Waals surface area contributed by atoms with E-state index in [1.54, 1.807) is 28.8 Å².